The highest BCUT2D eigenvalue weighted by Gasteiger charge is 2.06. The lowest BCUT2D eigenvalue weighted by molar-refractivity contribution is -0.132. The van der Waals surface area contributed by atoms with Crippen molar-refractivity contribution in [2.75, 3.05) is 6.54 Å². The molecule has 0 radical (unpaired) electrons. The molecule has 0 aromatic carbocycles. The number of aliphatic carboxylic acids is 1. The molecule has 76 valence electrons. The molecular weight excluding hydrogens is 166 g/mol. The minimum atomic E-state index is -0.837. The minimum Gasteiger partial charge on any atom is -0.478 e. The molecular formula is C10H19NO2. The Morgan fingerprint density at radius 3 is 2.38 bits per heavy atom. The summed E-state index contributed by atoms with van der Waals surface area (Å²) in [5.74, 6) is -0.837. The Morgan fingerprint density at radius 1 is 1.46 bits per heavy atom. The fourth-order valence-electron chi connectivity index (χ4n) is 0.823. The number of hydrogen-bond donors (Lipinski definition) is 2. The molecule has 0 rings (SSSR count). The third-order valence-electron chi connectivity index (χ3n) is 1.59. The molecule has 0 aromatic rings. The van der Waals surface area contributed by atoms with Gasteiger partial charge in [0.25, 0.3) is 0 Å². The van der Waals surface area contributed by atoms with Gasteiger partial charge in [0, 0.05) is 11.1 Å². The van der Waals surface area contributed by atoms with Crippen LogP contribution in [0, 0.1) is 0 Å². The first-order valence-electron chi connectivity index (χ1n) is 4.48. The van der Waals surface area contributed by atoms with Gasteiger partial charge in [0.1, 0.15) is 0 Å². The van der Waals surface area contributed by atoms with Gasteiger partial charge in [0.05, 0.1) is 0 Å². The molecule has 0 fully saturated rings. The molecule has 0 aliphatic carbocycles. The SMILES string of the molecule is CC(=CCCNC(C)(C)C)C(=O)O. The van der Waals surface area contributed by atoms with Crippen LogP contribution >= 0.6 is 0 Å². The van der Waals surface area contributed by atoms with Crippen molar-refractivity contribution in [1.29, 1.82) is 0 Å². The topological polar surface area (TPSA) is 49.3 Å². The Labute approximate surface area is 79.8 Å². The summed E-state index contributed by atoms with van der Waals surface area (Å²) in [6.07, 6.45) is 2.50. The smallest absolute Gasteiger partial charge is 0.330 e. The normalized spacial score (nSPS) is 13.1. The van der Waals surface area contributed by atoms with E-state index in [9.17, 15) is 4.79 Å². The second-order valence-electron chi connectivity index (χ2n) is 4.16. The maximum Gasteiger partial charge on any atom is 0.330 e. The third-order valence-corrected chi connectivity index (χ3v) is 1.59. The molecule has 0 amide bonds. The average Bonchev–Trinajstić information content (AvgIpc) is 1.95. The number of rotatable bonds is 4. The molecule has 0 saturated carbocycles. The number of carboxylic acids is 1. The Morgan fingerprint density at radius 2 is 2.00 bits per heavy atom. The van der Waals surface area contributed by atoms with Crippen molar-refractivity contribution in [3.63, 3.8) is 0 Å². The van der Waals surface area contributed by atoms with Crippen LogP contribution in [-0.4, -0.2) is 23.2 Å². The summed E-state index contributed by atoms with van der Waals surface area (Å²) in [7, 11) is 0. The number of hydrogen-bond acceptors (Lipinski definition) is 2. The summed E-state index contributed by atoms with van der Waals surface area (Å²) in [5, 5.41) is 11.8. The summed E-state index contributed by atoms with van der Waals surface area (Å²) in [4.78, 5) is 10.4. The van der Waals surface area contributed by atoms with Gasteiger partial charge in [-0.3, -0.25) is 0 Å². The molecule has 2 N–H and O–H groups in total. The van der Waals surface area contributed by atoms with E-state index in [1.165, 1.54) is 0 Å². The van der Waals surface area contributed by atoms with E-state index in [0.29, 0.717) is 5.57 Å². The van der Waals surface area contributed by atoms with Crippen LogP contribution in [0.2, 0.25) is 0 Å². The fraction of sp³-hybridized carbons (Fsp3) is 0.700. The quantitative estimate of drug-likeness (QED) is 0.518. The van der Waals surface area contributed by atoms with Crippen molar-refractivity contribution < 1.29 is 9.90 Å². The zero-order valence-corrected chi connectivity index (χ0v) is 8.85. The van der Waals surface area contributed by atoms with Gasteiger partial charge in [0.2, 0.25) is 0 Å². The number of carbonyl (C=O) groups is 1. The van der Waals surface area contributed by atoms with E-state index < -0.39 is 5.97 Å². The Hall–Kier alpha value is -0.830. The molecule has 0 spiro atoms. The second kappa shape index (κ2) is 5.02. The molecule has 3 nitrogen and oxygen atoms in total. The van der Waals surface area contributed by atoms with Crippen LogP contribution in [0.3, 0.4) is 0 Å². The first-order chi connectivity index (χ1) is 5.83. The van der Waals surface area contributed by atoms with E-state index in [-0.39, 0.29) is 5.54 Å². The minimum absolute atomic E-state index is 0.102. The molecule has 0 atom stereocenters. The van der Waals surface area contributed by atoms with Crippen molar-refractivity contribution >= 4 is 5.97 Å². The summed E-state index contributed by atoms with van der Waals surface area (Å²) in [5.41, 5.74) is 0.515. The highest BCUT2D eigenvalue weighted by Crippen LogP contribution is 1.99. The van der Waals surface area contributed by atoms with Gasteiger partial charge in [-0.1, -0.05) is 6.08 Å². The van der Waals surface area contributed by atoms with Crippen LogP contribution in [0.15, 0.2) is 11.6 Å². The van der Waals surface area contributed by atoms with Gasteiger partial charge in [-0.15, -0.1) is 0 Å². The Balaban J connectivity index is 3.68. The van der Waals surface area contributed by atoms with Crippen molar-refractivity contribution in [3.8, 4) is 0 Å². The van der Waals surface area contributed by atoms with Gasteiger partial charge >= 0.3 is 5.97 Å². The van der Waals surface area contributed by atoms with Crippen molar-refractivity contribution in [2.45, 2.75) is 39.7 Å². The van der Waals surface area contributed by atoms with Crippen LogP contribution in [0.25, 0.3) is 0 Å². The standard InChI is InChI=1S/C10H19NO2/c1-8(9(12)13)6-5-7-11-10(2,3)4/h6,11H,5,7H2,1-4H3,(H,12,13). The molecule has 0 saturated heterocycles. The monoisotopic (exact) mass is 185 g/mol. The molecule has 0 unspecified atom stereocenters. The Kier molecular flexibility index (Phi) is 4.70. The third kappa shape index (κ3) is 7.53. The van der Waals surface area contributed by atoms with Crippen LogP contribution in [0.4, 0.5) is 0 Å². The number of carboxylic acid groups (broad SMARTS) is 1. The molecule has 3 heteroatoms. The molecule has 0 aliphatic rings. The van der Waals surface area contributed by atoms with Gasteiger partial charge in [0.15, 0.2) is 0 Å². The fourth-order valence-corrected chi connectivity index (χ4v) is 0.823. The largest absolute Gasteiger partial charge is 0.478 e. The summed E-state index contributed by atoms with van der Waals surface area (Å²) < 4.78 is 0. The lowest BCUT2D eigenvalue weighted by Gasteiger charge is -2.19. The van der Waals surface area contributed by atoms with E-state index in [1.54, 1.807) is 13.0 Å². The lowest BCUT2D eigenvalue weighted by Crippen LogP contribution is -2.36. The van der Waals surface area contributed by atoms with E-state index in [1.807, 2.05) is 0 Å². The molecule has 0 aromatic heterocycles. The van der Waals surface area contributed by atoms with Crippen molar-refractivity contribution in [3.05, 3.63) is 11.6 Å². The van der Waals surface area contributed by atoms with E-state index in [0.717, 1.165) is 13.0 Å². The van der Waals surface area contributed by atoms with Gasteiger partial charge in [-0.05, 0) is 40.7 Å². The van der Waals surface area contributed by atoms with Crippen molar-refractivity contribution in [2.24, 2.45) is 0 Å². The molecule has 0 bridgehead atoms. The van der Waals surface area contributed by atoms with Crippen LogP contribution < -0.4 is 5.32 Å². The first-order valence-corrected chi connectivity index (χ1v) is 4.48. The zero-order chi connectivity index (χ0) is 10.5. The van der Waals surface area contributed by atoms with Gasteiger partial charge in [-0.25, -0.2) is 4.79 Å². The summed E-state index contributed by atoms with van der Waals surface area (Å²) in [6, 6.07) is 0. The van der Waals surface area contributed by atoms with Gasteiger partial charge in [-0.2, -0.15) is 0 Å². The van der Waals surface area contributed by atoms with Crippen LogP contribution in [0.5, 0.6) is 0 Å². The highest BCUT2D eigenvalue weighted by molar-refractivity contribution is 5.85. The zero-order valence-electron chi connectivity index (χ0n) is 8.85. The van der Waals surface area contributed by atoms with Crippen LogP contribution in [0.1, 0.15) is 34.1 Å². The second-order valence-corrected chi connectivity index (χ2v) is 4.16. The lowest BCUT2D eigenvalue weighted by atomic mass is 10.1. The van der Waals surface area contributed by atoms with E-state index >= 15 is 0 Å². The average molecular weight is 185 g/mol. The maximum atomic E-state index is 10.4. The summed E-state index contributed by atoms with van der Waals surface area (Å²) in [6.45, 7) is 8.68. The number of nitrogens with one attached hydrogen (secondary N) is 1. The highest BCUT2D eigenvalue weighted by atomic mass is 16.4. The molecule has 0 heterocycles. The van der Waals surface area contributed by atoms with E-state index in [4.69, 9.17) is 5.11 Å². The summed E-state index contributed by atoms with van der Waals surface area (Å²) >= 11 is 0. The maximum absolute atomic E-state index is 10.4. The first kappa shape index (κ1) is 12.2. The predicted octanol–water partition coefficient (Wildman–Crippen LogP) is 1.80. The predicted molar refractivity (Wildman–Crippen MR) is 53.8 cm³/mol. The molecule has 0 aliphatic heterocycles. The van der Waals surface area contributed by atoms with Crippen molar-refractivity contribution in [1.82, 2.24) is 5.32 Å². The van der Waals surface area contributed by atoms with Gasteiger partial charge < -0.3 is 10.4 Å². The Bertz CT molecular complexity index is 201. The van der Waals surface area contributed by atoms with Crippen LogP contribution in [-0.2, 0) is 4.79 Å². The molecule has 13 heavy (non-hydrogen) atoms. The van der Waals surface area contributed by atoms with E-state index in [2.05, 4.69) is 26.1 Å².